The first-order valence-electron chi connectivity index (χ1n) is 4.70. The first-order valence-corrected chi connectivity index (χ1v) is 6.45. The van der Waals surface area contributed by atoms with E-state index in [0.29, 0.717) is 16.5 Å². The molecule has 0 saturated heterocycles. The van der Waals surface area contributed by atoms with Crippen molar-refractivity contribution in [2.24, 2.45) is 0 Å². The molecule has 0 spiro atoms. The number of thiol groups is 1. The number of alkyl halides is 1. The Morgan fingerprint density at radius 1 is 1.44 bits per heavy atom. The molecule has 0 aromatic heterocycles. The molecule has 5 heteroatoms. The number of halogens is 1. The average Bonchev–Trinajstić information content (AvgIpc) is 2.35. The molecule has 0 radical (unpaired) electrons. The largest absolute Gasteiger partial charge is 0.389 e. The second kappa shape index (κ2) is 6.26. The molecule has 0 saturated carbocycles. The van der Waals surface area contributed by atoms with E-state index in [1.807, 2.05) is 6.07 Å². The van der Waals surface area contributed by atoms with E-state index in [1.165, 1.54) is 0 Å². The van der Waals surface area contributed by atoms with Crippen molar-refractivity contribution in [1.82, 2.24) is 0 Å². The lowest BCUT2D eigenvalue weighted by Crippen LogP contribution is -2.21. The predicted octanol–water partition coefficient (Wildman–Crippen LogP) is 1.78. The predicted molar refractivity (Wildman–Crippen MR) is 68.6 cm³/mol. The number of aliphatic hydroxyl groups is 2. The molecule has 0 bridgehead atoms. The van der Waals surface area contributed by atoms with Crippen molar-refractivity contribution in [3.8, 4) is 6.07 Å². The van der Waals surface area contributed by atoms with E-state index in [9.17, 15) is 10.2 Å². The van der Waals surface area contributed by atoms with Gasteiger partial charge in [-0.3, -0.25) is 0 Å². The zero-order chi connectivity index (χ0) is 12.1. The zero-order valence-electron chi connectivity index (χ0n) is 8.47. The number of nitriles is 1. The van der Waals surface area contributed by atoms with Crippen molar-refractivity contribution in [1.29, 1.82) is 5.26 Å². The summed E-state index contributed by atoms with van der Waals surface area (Å²) >= 11 is 7.23. The summed E-state index contributed by atoms with van der Waals surface area (Å²) in [6, 6.07) is 7.04. The van der Waals surface area contributed by atoms with E-state index in [4.69, 9.17) is 5.26 Å². The maximum Gasteiger partial charge on any atom is 0.106 e. The minimum atomic E-state index is -1.02. The summed E-state index contributed by atoms with van der Waals surface area (Å²) in [5.74, 6) is 0.166. The van der Waals surface area contributed by atoms with Crippen LogP contribution in [-0.4, -0.2) is 22.1 Å². The van der Waals surface area contributed by atoms with Crippen LogP contribution in [0.15, 0.2) is 18.2 Å². The van der Waals surface area contributed by atoms with E-state index >= 15 is 0 Å². The van der Waals surface area contributed by atoms with E-state index in [1.54, 1.807) is 18.2 Å². The second-order valence-corrected chi connectivity index (χ2v) is 4.28. The molecule has 2 atom stereocenters. The van der Waals surface area contributed by atoms with Gasteiger partial charge in [0.15, 0.2) is 0 Å². The lowest BCUT2D eigenvalue weighted by Gasteiger charge is -2.19. The van der Waals surface area contributed by atoms with E-state index in [2.05, 4.69) is 28.6 Å². The summed E-state index contributed by atoms with van der Waals surface area (Å²) in [4.78, 5) is 0. The second-order valence-electron chi connectivity index (χ2n) is 3.35. The van der Waals surface area contributed by atoms with Crippen molar-refractivity contribution in [2.45, 2.75) is 17.5 Å². The van der Waals surface area contributed by atoms with Crippen LogP contribution in [0.2, 0.25) is 0 Å². The van der Waals surface area contributed by atoms with Crippen molar-refractivity contribution < 1.29 is 10.2 Å². The van der Waals surface area contributed by atoms with Gasteiger partial charge in [0.1, 0.15) is 6.10 Å². The van der Waals surface area contributed by atoms with Crippen molar-refractivity contribution in [3.63, 3.8) is 0 Å². The third kappa shape index (κ3) is 2.98. The smallest absolute Gasteiger partial charge is 0.106 e. The number of nitrogens with zero attached hydrogens (tertiary/aromatic N) is 1. The lowest BCUT2D eigenvalue weighted by atomic mass is 9.98. The molecule has 0 fully saturated rings. The maximum absolute atomic E-state index is 9.89. The van der Waals surface area contributed by atoms with Gasteiger partial charge in [-0.25, -0.2) is 0 Å². The van der Waals surface area contributed by atoms with Crippen LogP contribution in [0.5, 0.6) is 0 Å². The van der Waals surface area contributed by atoms with Gasteiger partial charge in [0, 0.05) is 11.1 Å². The molecular formula is C11H12BrNO2S. The van der Waals surface area contributed by atoms with Gasteiger partial charge in [0.2, 0.25) is 0 Å². The summed E-state index contributed by atoms with van der Waals surface area (Å²) in [5.41, 5.74) is 1.88. The van der Waals surface area contributed by atoms with Crippen LogP contribution in [0.1, 0.15) is 22.8 Å². The molecule has 2 N–H and O–H groups in total. The molecule has 3 nitrogen and oxygen atoms in total. The summed E-state index contributed by atoms with van der Waals surface area (Å²) in [6.07, 6.45) is -1.95. The summed E-state index contributed by atoms with van der Waals surface area (Å²) in [7, 11) is 0. The topological polar surface area (TPSA) is 64.2 Å². The molecular weight excluding hydrogens is 290 g/mol. The summed E-state index contributed by atoms with van der Waals surface area (Å²) in [5, 5.41) is 28.8. The van der Waals surface area contributed by atoms with E-state index in [-0.39, 0.29) is 5.75 Å². The van der Waals surface area contributed by atoms with Crippen LogP contribution in [-0.2, 0) is 5.33 Å². The minimum Gasteiger partial charge on any atom is -0.389 e. The van der Waals surface area contributed by atoms with Gasteiger partial charge in [-0.05, 0) is 23.3 Å². The number of hydrogen-bond donors (Lipinski definition) is 3. The fourth-order valence-electron chi connectivity index (χ4n) is 1.37. The normalized spacial score (nSPS) is 14.2. The van der Waals surface area contributed by atoms with Gasteiger partial charge >= 0.3 is 0 Å². The van der Waals surface area contributed by atoms with Gasteiger partial charge in [-0.1, -0.05) is 22.0 Å². The maximum atomic E-state index is 9.89. The monoisotopic (exact) mass is 301 g/mol. The highest BCUT2D eigenvalue weighted by molar-refractivity contribution is 9.08. The van der Waals surface area contributed by atoms with Crippen LogP contribution in [0.25, 0.3) is 0 Å². The molecule has 1 aromatic rings. The van der Waals surface area contributed by atoms with Crippen LogP contribution in [0.4, 0.5) is 0 Å². The Morgan fingerprint density at radius 3 is 2.62 bits per heavy atom. The number of hydrogen-bond acceptors (Lipinski definition) is 4. The van der Waals surface area contributed by atoms with Gasteiger partial charge in [0.05, 0.1) is 17.7 Å². The first-order chi connectivity index (χ1) is 7.63. The Bertz CT molecular complexity index is 405. The molecule has 0 aliphatic heterocycles. The lowest BCUT2D eigenvalue weighted by molar-refractivity contribution is 0.0333. The number of benzene rings is 1. The minimum absolute atomic E-state index is 0.166. The van der Waals surface area contributed by atoms with E-state index < -0.39 is 12.2 Å². The Balaban J connectivity index is 3.14. The van der Waals surface area contributed by atoms with Gasteiger partial charge < -0.3 is 10.2 Å². The Labute approximate surface area is 108 Å². The Hall–Kier alpha value is -0.540. The molecule has 1 aromatic carbocycles. The fraction of sp³-hybridized carbons (Fsp3) is 0.364. The number of rotatable bonds is 4. The highest BCUT2D eigenvalue weighted by Gasteiger charge is 2.20. The van der Waals surface area contributed by atoms with Crippen molar-refractivity contribution in [2.75, 3.05) is 5.75 Å². The van der Waals surface area contributed by atoms with Crippen LogP contribution in [0.3, 0.4) is 0 Å². The van der Waals surface area contributed by atoms with Crippen LogP contribution < -0.4 is 0 Å². The highest BCUT2D eigenvalue weighted by Crippen LogP contribution is 2.24. The Morgan fingerprint density at radius 2 is 2.12 bits per heavy atom. The first kappa shape index (κ1) is 13.5. The molecule has 0 aliphatic carbocycles. The molecule has 86 valence electrons. The Kier molecular flexibility index (Phi) is 5.29. The molecule has 0 aliphatic rings. The number of aliphatic hydroxyl groups excluding tert-OH is 2. The molecule has 16 heavy (non-hydrogen) atoms. The highest BCUT2D eigenvalue weighted by atomic mass is 79.9. The SMILES string of the molecule is N#Cc1ccc(CBr)c(C(O)C(O)CS)c1. The molecule has 2 unspecified atom stereocenters. The average molecular weight is 302 g/mol. The molecule has 0 heterocycles. The van der Waals surface area contributed by atoms with Gasteiger partial charge in [0.25, 0.3) is 0 Å². The van der Waals surface area contributed by atoms with Crippen molar-refractivity contribution in [3.05, 3.63) is 34.9 Å². The standard InChI is InChI=1S/C11H12BrNO2S/c12-4-8-2-1-7(5-13)3-9(8)11(15)10(14)6-16/h1-3,10-11,14-16H,4,6H2. The van der Waals surface area contributed by atoms with Crippen LogP contribution in [0, 0.1) is 11.3 Å². The van der Waals surface area contributed by atoms with E-state index in [0.717, 1.165) is 5.56 Å². The molecule has 1 rings (SSSR count). The quantitative estimate of drug-likeness (QED) is 0.587. The summed E-state index contributed by atoms with van der Waals surface area (Å²) < 4.78 is 0. The third-order valence-corrected chi connectivity index (χ3v) is 3.27. The summed E-state index contributed by atoms with van der Waals surface area (Å²) in [6.45, 7) is 0. The molecule has 0 amide bonds. The zero-order valence-corrected chi connectivity index (χ0v) is 10.9. The van der Waals surface area contributed by atoms with Crippen LogP contribution >= 0.6 is 28.6 Å². The fourth-order valence-corrected chi connectivity index (χ4v) is 2.08. The van der Waals surface area contributed by atoms with Gasteiger partial charge in [-0.2, -0.15) is 17.9 Å². The van der Waals surface area contributed by atoms with Gasteiger partial charge in [-0.15, -0.1) is 0 Å². The third-order valence-electron chi connectivity index (χ3n) is 2.29. The van der Waals surface area contributed by atoms with Crippen molar-refractivity contribution >= 4 is 28.6 Å².